The Kier molecular flexibility index (Phi) is 4.64. The molecule has 0 bridgehead atoms. The quantitative estimate of drug-likeness (QED) is 0.828. The molecule has 0 unspecified atom stereocenters. The monoisotopic (exact) mass is 360 g/mol. The number of hydrogen-bond acceptors (Lipinski definition) is 3. The summed E-state index contributed by atoms with van der Waals surface area (Å²) < 4.78 is 26.8. The number of halogens is 3. The molecule has 0 heterocycles. The van der Waals surface area contributed by atoms with E-state index >= 15 is 0 Å². The molecule has 2 aromatic rings. The molecule has 0 aliphatic carbocycles. The molecule has 2 aromatic carbocycles. The molecule has 0 aliphatic heterocycles. The van der Waals surface area contributed by atoms with Crippen LogP contribution in [0.25, 0.3) is 0 Å². The predicted octanol–water partition coefficient (Wildman–Crippen LogP) is 4.32. The van der Waals surface area contributed by atoms with Crippen molar-refractivity contribution in [2.45, 2.75) is 4.90 Å². The molecule has 0 amide bonds. The van der Waals surface area contributed by atoms with Gasteiger partial charge in [-0.1, -0.05) is 40.9 Å². The normalized spacial score (nSPS) is 11.0. The van der Waals surface area contributed by atoms with Crippen molar-refractivity contribution in [1.29, 1.82) is 5.26 Å². The minimum Gasteiger partial charge on any atom is -0.278 e. The maximum absolute atomic E-state index is 12.3. The van der Waals surface area contributed by atoms with E-state index < -0.39 is 10.0 Å². The van der Waals surface area contributed by atoms with Gasteiger partial charge in [-0.15, -0.1) is 0 Å². The fourth-order valence-corrected chi connectivity index (χ4v) is 3.30. The van der Waals surface area contributed by atoms with Gasteiger partial charge in [0.2, 0.25) is 0 Å². The van der Waals surface area contributed by atoms with Crippen molar-refractivity contribution in [3.05, 3.63) is 57.0 Å². The number of nitrogens with zero attached hydrogens (tertiary/aromatic N) is 1. The Morgan fingerprint density at radius 2 is 1.67 bits per heavy atom. The van der Waals surface area contributed by atoms with E-state index in [1.165, 1.54) is 36.4 Å². The fourth-order valence-electron chi connectivity index (χ4n) is 1.54. The second-order valence-electron chi connectivity index (χ2n) is 3.99. The Morgan fingerprint density at radius 3 is 2.33 bits per heavy atom. The van der Waals surface area contributed by atoms with Gasteiger partial charge < -0.3 is 0 Å². The summed E-state index contributed by atoms with van der Waals surface area (Å²) in [6.07, 6.45) is 0. The minimum absolute atomic E-state index is 0.0521. The highest BCUT2D eigenvalue weighted by atomic mass is 35.5. The van der Waals surface area contributed by atoms with Gasteiger partial charge in [0.1, 0.15) is 0 Å². The van der Waals surface area contributed by atoms with Crippen LogP contribution in [-0.4, -0.2) is 8.42 Å². The molecule has 108 valence electrons. The van der Waals surface area contributed by atoms with E-state index in [1.807, 2.05) is 6.07 Å². The van der Waals surface area contributed by atoms with E-state index in [4.69, 9.17) is 40.1 Å². The lowest BCUT2D eigenvalue weighted by atomic mass is 10.2. The molecule has 4 nitrogen and oxygen atoms in total. The highest BCUT2D eigenvalue weighted by molar-refractivity contribution is 7.92. The maximum atomic E-state index is 12.3. The first-order valence-electron chi connectivity index (χ1n) is 5.51. The van der Waals surface area contributed by atoms with Gasteiger partial charge in [-0.25, -0.2) is 8.42 Å². The summed E-state index contributed by atoms with van der Waals surface area (Å²) in [5.41, 5.74) is 0.339. The predicted molar refractivity (Wildman–Crippen MR) is 83.4 cm³/mol. The third kappa shape index (κ3) is 3.60. The minimum atomic E-state index is -3.89. The van der Waals surface area contributed by atoms with Gasteiger partial charge in [0.05, 0.1) is 37.3 Å². The van der Waals surface area contributed by atoms with Gasteiger partial charge >= 0.3 is 0 Å². The second kappa shape index (κ2) is 6.12. The summed E-state index contributed by atoms with van der Waals surface area (Å²) in [6, 6.07) is 10.1. The number of sulfonamides is 1. The van der Waals surface area contributed by atoms with E-state index in [0.717, 1.165) is 0 Å². The average molecular weight is 362 g/mol. The fraction of sp³-hybridized carbons (Fsp3) is 0. The molecular weight excluding hydrogens is 355 g/mol. The van der Waals surface area contributed by atoms with Crippen LogP contribution in [0.15, 0.2) is 41.3 Å². The molecule has 0 radical (unpaired) electrons. The third-order valence-electron chi connectivity index (χ3n) is 2.53. The standard InChI is InChI=1S/C13H7Cl3N2O2S/c14-10-5-12(16)13(6-11(10)15)18-21(19,20)9-3-1-2-8(4-9)7-17/h1-6,18H. The molecule has 0 saturated carbocycles. The van der Waals surface area contributed by atoms with Crippen molar-refractivity contribution in [1.82, 2.24) is 0 Å². The maximum Gasteiger partial charge on any atom is 0.261 e. The van der Waals surface area contributed by atoms with Crippen LogP contribution in [0.3, 0.4) is 0 Å². The van der Waals surface area contributed by atoms with E-state index in [2.05, 4.69) is 4.72 Å². The van der Waals surface area contributed by atoms with Crippen LogP contribution in [0.5, 0.6) is 0 Å². The van der Waals surface area contributed by atoms with E-state index in [1.54, 1.807) is 0 Å². The summed E-state index contributed by atoms with van der Waals surface area (Å²) in [7, 11) is -3.89. The molecule has 0 fully saturated rings. The van der Waals surface area contributed by atoms with Crippen molar-refractivity contribution in [2.24, 2.45) is 0 Å². The lowest BCUT2D eigenvalue weighted by Crippen LogP contribution is -2.13. The van der Waals surface area contributed by atoms with Crippen molar-refractivity contribution < 1.29 is 8.42 Å². The smallest absolute Gasteiger partial charge is 0.261 e. The van der Waals surface area contributed by atoms with Crippen LogP contribution in [-0.2, 0) is 10.0 Å². The highest BCUT2D eigenvalue weighted by Gasteiger charge is 2.17. The van der Waals surface area contributed by atoms with Crippen molar-refractivity contribution >= 4 is 50.5 Å². The zero-order chi connectivity index (χ0) is 15.6. The molecule has 0 saturated heterocycles. The Bertz CT molecular complexity index is 845. The molecule has 0 spiro atoms. The summed E-state index contributed by atoms with van der Waals surface area (Å²) in [5, 5.41) is 9.31. The van der Waals surface area contributed by atoms with Crippen LogP contribution in [0.1, 0.15) is 5.56 Å². The Hall–Kier alpha value is -1.45. The first-order valence-corrected chi connectivity index (χ1v) is 8.13. The molecule has 21 heavy (non-hydrogen) atoms. The van der Waals surface area contributed by atoms with Crippen LogP contribution in [0.2, 0.25) is 15.1 Å². The number of hydrogen-bond donors (Lipinski definition) is 1. The molecule has 0 atom stereocenters. The topological polar surface area (TPSA) is 70.0 Å². The van der Waals surface area contributed by atoms with Crippen LogP contribution >= 0.6 is 34.8 Å². The van der Waals surface area contributed by atoms with Gasteiger partial charge in [-0.2, -0.15) is 5.26 Å². The van der Waals surface area contributed by atoms with Crippen LogP contribution in [0, 0.1) is 11.3 Å². The van der Waals surface area contributed by atoms with Crippen molar-refractivity contribution in [2.75, 3.05) is 4.72 Å². The lowest BCUT2D eigenvalue weighted by Gasteiger charge is -2.11. The largest absolute Gasteiger partial charge is 0.278 e. The molecule has 2 rings (SSSR count). The Labute approximate surface area is 136 Å². The summed E-state index contributed by atoms with van der Waals surface area (Å²) in [5.74, 6) is 0. The zero-order valence-electron chi connectivity index (χ0n) is 10.3. The number of nitrogens with one attached hydrogen (secondary N) is 1. The highest BCUT2D eigenvalue weighted by Crippen LogP contribution is 2.33. The number of nitriles is 1. The van der Waals surface area contributed by atoms with E-state index in [0.29, 0.717) is 0 Å². The number of anilines is 1. The SMILES string of the molecule is N#Cc1cccc(S(=O)(=O)Nc2cc(Cl)c(Cl)cc2Cl)c1. The number of benzene rings is 2. The molecule has 0 aromatic heterocycles. The van der Waals surface area contributed by atoms with Crippen LogP contribution in [0.4, 0.5) is 5.69 Å². The summed E-state index contributed by atoms with van der Waals surface area (Å²) in [6.45, 7) is 0. The van der Waals surface area contributed by atoms with Crippen LogP contribution < -0.4 is 4.72 Å². The summed E-state index contributed by atoms with van der Waals surface area (Å²) in [4.78, 5) is -0.0521. The second-order valence-corrected chi connectivity index (χ2v) is 6.90. The Morgan fingerprint density at radius 1 is 1.00 bits per heavy atom. The lowest BCUT2D eigenvalue weighted by molar-refractivity contribution is 0.601. The van der Waals surface area contributed by atoms with Gasteiger partial charge in [0.15, 0.2) is 0 Å². The van der Waals surface area contributed by atoms with Crippen molar-refractivity contribution in [3.8, 4) is 6.07 Å². The molecule has 8 heteroatoms. The van der Waals surface area contributed by atoms with Gasteiger partial charge in [-0.3, -0.25) is 4.72 Å². The third-order valence-corrected chi connectivity index (χ3v) is 4.93. The first kappa shape index (κ1) is 15.9. The van der Waals surface area contributed by atoms with Crippen molar-refractivity contribution in [3.63, 3.8) is 0 Å². The average Bonchev–Trinajstić information content (AvgIpc) is 2.44. The van der Waals surface area contributed by atoms with E-state index in [-0.39, 0.29) is 31.2 Å². The van der Waals surface area contributed by atoms with Gasteiger partial charge in [0, 0.05) is 0 Å². The first-order chi connectivity index (χ1) is 9.83. The van der Waals surface area contributed by atoms with E-state index in [9.17, 15) is 8.42 Å². The molecular formula is C13H7Cl3N2O2S. The van der Waals surface area contributed by atoms with Gasteiger partial charge in [-0.05, 0) is 30.3 Å². The summed E-state index contributed by atoms with van der Waals surface area (Å²) >= 11 is 17.6. The zero-order valence-corrected chi connectivity index (χ0v) is 13.4. The molecule has 0 aliphatic rings. The molecule has 1 N–H and O–H groups in total. The number of rotatable bonds is 3. The van der Waals surface area contributed by atoms with Gasteiger partial charge in [0.25, 0.3) is 10.0 Å². The Balaban J connectivity index is 2.42.